The van der Waals surface area contributed by atoms with Crippen molar-refractivity contribution < 1.29 is 4.79 Å². The van der Waals surface area contributed by atoms with Crippen LogP contribution in [0.4, 0.5) is 0 Å². The first-order valence-corrected chi connectivity index (χ1v) is 6.93. The van der Waals surface area contributed by atoms with E-state index < -0.39 is 0 Å². The van der Waals surface area contributed by atoms with E-state index in [2.05, 4.69) is 26.1 Å². The Kier molecular flexibility index (Phi) is 4.99. The molecule has 3 heteroatoms. The zero-order valence-electron chi connectivity index (χ0n) is 11.8. The van der Waals surface area contributed by atoms with Gasteiger partial charge in [-0.25, -0.2) is 0 Å². The number of rotatable bonds is 7. The normalized spacial score (nSPS) is 21.1. The van der Waals surface area contributed by atoms with Gasteiger partial charge in [0.05, 0.1) is 6.04 Å². The number of nitrogens with two attached hydrogens (primary N) is 1. The van der Waals surface area contributed by atoms with Crippen LogP contribution in [0.2, 0.25) is 0 Å². The van der Waals surface area contributed by atoms with Gasteiger partial charge in [-0.1, -0.05) is 34.1 Å². The van der Waals surface area contributed by atoms with Crippen molar-refractivity contribution >= 4 is 5.91 Å². The quantitative estimate of drug-likeness (QED) is 0.717. The summed E-state index contributed by atoms with van der Waals surface area (Å²) in [6.07, 6.45) is 4.67. The molecule has 0 aliphatic heterocycles. The molecule has 0 heterocycles. The highest BCUT2D eigenvalue weighted by molar-refractivity contribution is 5.81. The molecule has 1 amide bonds. The SMILES string of the molecule is CCC(C)C(N)C(=O)NCC1(CC(C)C)CC1. The average Bonchev–Trinajstić information content (AvgIpc) is 3.03. The Hall–Kier alpha value is -0.570. The van der Waals surface area contributed by atoms with E-state index in [0.29, 0.717) is 11.3 Å². The van der Waals surface area contributed by atoms with Gasteiger partial charge in [0.25, 0.3) is 0 Å². The molecule has 1 saturated carbocycles. The van der Waals surface area contributed by atoms with Crippen molar-refractivity contribution in [2.24, 2.45) is 23.0 Å². The molecule has 3 nitrogen and oxygen atoms in total. The van der Waals surface area contributed by atoms with Gasteiger partial charge >= 0.3 is 0 Å². The molecule has 0 bridgehead atoms. The van der Waals surface area contributed by atoms with Gasteiger partial charge in [0.2, 0.25) is 5.91 Å². The summed E-state index contributed by atoms with van der Waals surface area (Å²) in [6, 6.07) is -0.352. The van der Waals surface area contributed by atoms with Crippen molar-refractivity contribution in [2.45, 2.75) is 59.4 Å². The third kappa shape index (κ3) is 4.30. The van der Waals surface area contributed by atoms with Crippen LogP contribution in [0, 0.1) is 17.3 Å². The fourth-order valence-electron chi connectivity index (χ4n) is 2.40. The Morgan fingerprint density at radius 2 is 1.94 bits per heavy atom. The largest absolute Gasteiger partial charge is 0.354 e. The lowest BCUT2D eigenvalue weighted by molar-refractivity contribution is -0.123. The minimum Gasteiger partial charge on any atom is -0.354 e. The number of hydrogen-bond acceptors (Lipinski definition) is 2. The van der Waals surface area contributed by atoms with Crippen molar-refractivity contribution in [3.8, 4) is 0 Å². The highest BCUT2D eigenvalue weighted by Crippen LogP contribution is 2.49. The second kappa shape index (κ2) is 5.85. The van der Waals surface area contributed by atoms with Crippen LogP contribution in [0.25, 0.3) is 0 Å². The summed E-state index contributed by atoms with van der Waals surface area (Å²) in [5.41, 5.74) is 6.30. The van der Waals surface area contributed by atoms with Gasteiger partial charge in [0, 0.05) is 6.54 Å². The summed E-state index contributed by atoms with van der Waals surface area (Å²) in [6.45, 7) is 9.40. The first-order valence-electron chi connectivity index (χ1n) is 6.93. The number of carbonyl (C=O) groups is 1. The van der Waals surface area contributed by atoms with E-state index in [0.717, 1.165) is 13.0 Å². The van der Waals surface area contributed by atoms with Gasteiger partial charge in [-0.05, 0) is 36.5 Å². The van der Waals surface area contributed by atoms with E-state index in [9.17, 15) is 4.79 Å². The summed E-state index contributed by atoms with van der Waals surface area (Å²) in [5.74, 6) is 0.988. The zero-order chi connectivity index (χ0) is 13.1. The third-order valence-electron chi connectivity index (χ3n) is 4.00. The molecule has 0 saturated heterocycles. The van der Waals surface area contributed by atoms with Gasteiger partial charge in [0.15, 0.2) is 0 Å². The molecule has 0 aromatic rings. The van der Waals surface area contributed by atoms with Crippen LogP contribution in [0.5, 0.6) is 0 Å². The van der Waals surface area contributed by atoms with Crippen LogP contribution >= 0.6 is 0 Å². The summed E-state index contributed by atoms with van der Waals surface area (Å²) in [5, 5.41) is 3.04. The lowest BCUT2D eigenvalue weighted by Crippen LogP contribution is -2.46. The van der Waals surface area contributed by atoms with E-state index in [1.54, 1.807) is 0 Å². The van der Waals surface area contributed by atoms with E-state index >= 15 is 0 Å². The second-order valence-electron chi connectivity index (χ2n) is 6.23. The number of amides is 1. The maximum absolute atomic E-state index is 11.9. The molecule has 1 rings (SSSR count). The van der Waals surface area contributed by atoms with Crippen LogP contribution in [0.1, 0.15) is 53.4 Å². The van der Waals surface area contributed by atoms with E-state index in [-0.39, 0.29) is 17.9 Å². The van der Waals surface area contributed by atoms with Gasteiger partial charge < -0.3 is 11.1 Å². The minimum absolute atomic E-state index is 0.0226. The molecule has 0 aromatic carbocycles. The zero-order valence-corrected chi connectivity index (χ0v) is 11.8. The highest BCUT2D eigenvalue weighted by atomic mass is 16.2. The van der Waals surface area contributed by atoms with Gasteiger partial charge in [-0.15, -0.1) is 0 Å². The van der Waals surface area contributed by atoms with Gasteiger partial charge in [-0.3, -0.25) is 4.79 Å². The molecule has 3 N–H and O–H groups in total. The van der Waals surface area contributed by atoms with Crippen molar-refractivity contribution in [3.05, 3.63) is 0 Å². The lowest BCUT2D eigenvalue weighted by Gasteiger charge is -2.22. The monoisotopic (exact) mass is 240 g/mol. The molecule has 2 atom stereocenters. The Morgan fingerprint density at radius 3 is 2.35 bits per heavy atom. The molecule has 0 spiro atoms. The summed E-state index contributed by atoms with van der Waals surface area (Å²) in [4.78, 5) is 11.9. The predicted octanol–water partition coefficient (Wildman–Crippen LogP) is 2.30. The molecule has 100 valence electrons. The molecule has 1 fully saturated rings. The van der Waals surface area contributed by atoms with Crippen LogP contribution in [0.15, 0.2) is 0 Å². The Morgan fingerprint density at radius 1 is 1.35 bits per heavy atom. The topological polar surface area (TPSA) is 55.1 Å². The molecule has 1 aliphatic carbocycles. The maximum atomic E-state index is 11.9. The van der Waals surface area contributed by atoms with E-state index in [1.807, 2.05) is 6.92 Å². The highest BCUT2D eigenvalue weighted by Gasteiger charge is 2.43. The average molecular weight is 240 g/mol. The minimum atomic E-state index is -0.352. The lowest BCUT2D eigenvalue weighted by atomic mass is 9.93. The standard InChI is InChI=1S/C14H28N2O/c1-5-11(4)12(15)13(17)16-9-14(6-7-14)8-10(2)3/h10-12H,5-9,15H2,1-4H3,(H,16,17). The van der Waals surface area contributed by atoms with Crippen LogP contribution in [0.3, 0.4) is 0 Å². The molecular weight excluding hydrogens is 212 g/mol. The molecule has 0 aromatic heterocycles. The molecule has 1 aliphatic rings. The number of nitrogens with one attached hydrogen (secondary N) is 1. The van der Waals surface area contributed by atoms with Crippen LogP contribution < -0.4 is 11.1 Å². The fourth-order valence-corrected chi connectivity index (χ4v) is 2.40. The van der Waals surface area contributed by atoms with Crippen molar-refractivity contribution in [1.82, 2.24) is 5.32 Å². The summed E-state index contributed by atoms with van der Waals surface area (Å²) < 4.78 is 0. The molecule has 17 heavy (non-hydrogen) atoms. The first kappa shape index (κ1) is 14.5. The van der Waals surface area contributed by atoms with Gasteiger partial charge in [-0.2, -0.15) is 0 Å². The molecular formula is C14H28N2O. The smallest absolute Gasteiger partial charge is 0.237 e. The summed E-state index contributed by atoms with van der Waals surface area (Å²) >= 11 is 0. The molecule has 2 unspecified atom stereocenters. The fraction of sp³-hybridized carbons (Fsp3) is 0.929. The number of carbonyl (C=O) groups excluding carboxylic acids is 1. The summed E-state index contributed by atoms with van der Waals surface area (Å²) in [7, 11) is 0. The van der Waals surface area contributed by atoms with Crippen molar-refractivity contribution in [2.75, 3.05) is 6.54 Å². The number of hydrogen-bond donors (Lipinski definition) is 2. The Labute approximate surface area is 106 Å². The van der Waals surface area contributed by atoms with Crippen LogP contribution in [-0.4, -0.2) is 18.5 Å². The van der Waals surface area contributed by atoms with Gasteiger partial charge in [0.1, 0.15) is 0 Å². The Bertz CT molecular complexity index is 259. The van der Waals surface area contributed by atoms with Crippen molar-refractivity contribution in [3.63, 3.8) is 0 Å². The van der Waals surface area contributed by atoms with E-state index in [1.165, 1.54) is 19.3 Å². The van der Waals surface area contributed by atoms with Crippen molar-refractivity contribution in [1.29, 1.82) is 0 Å². The molecule has 0 radical (unpaired) electrons. The van der Waals surface area contributed by atoms with Crippen LogP contribution in [-0.2, 0) is 4.79 Å². The second-order valence-corrected chi connectivity index (χ2v) is 6.23. The first-order chi connectivity index (χ1) is 7.90. The Balaban J connectivity index is 2.33. The van der Waals surface area contributed by atoms with E-state index in [4.69, 9.17) is 5.73 Å². The maximum Gasteiger partial charge on any atom is 0.237 e. The third-order valence-corrected chi connectivity index (χ3v) is 4.00. The predicted molar refractivity (Wildman–Crippen MR) is 71.6 cm³/mol.